The van der Waals surface area contributed by atoms with Crippen molar-refractivity contribution in [1.29, 1.82) is 0 Å². The van der Waals surface area contributed by atoms with Crippen LogP contribution < -0.4 is 10.1 Å². The van der Waals surface area contributed by atoms with Crippen LogP contribution in [0.25, 0.3) is 0 Å². The predicted octanol–water partition coefficient (Wildman–Crippen LogP) is 3.19. The van der Waals surface area contributed by atoms with Gasteiger partial charge in [0.15, 0.2) is 0 Å². The molecular weight excluding hydrogens is 347 g/mol. The largest absolute Gasteiger partial charge is 0.497 e. The number of piperazine rings is 1. The third-order valence-corrected chi connectivity index (χ3v) is 3.32. The molecule has 3 nitrogen and oxygen atoms in total. The van der Waals surface area contributed by atoms with E-state index in [0.717, 1.165) is 12.1 Å². The summed E-state index contributed by atoms with van der Waals surface area (Å²) in [6, 6.07) is 1.49. The molecule has 1 aromatic carbocycles. The first-order valence-electron chi connectivity index (χ1n) is 6.28. The van der Waals surface area contributed by atoms with E-state index in [-0.39, 0.29) is 43.7 Å². The first-order chi connectivity index (χ1) is 9.43. The van der Waals surface area contributed by atoms with Crippen molar-refractivity contribution in [3.05, 3.63) is 29.6 Å². The van der Waals surface area contributed by atoms with E-state index in [0.29, 0.717) is 13.1 Å². The van der Waals surface area contributed by atoms with Gasteiger partial charge in [-0.05, 0) is 18.2 Å². The van der Waals surface area contributed by atoms with Crippen molar-refractivity contribution in [1.82, 2.24) is 10.2 Å². The van der Waals surface area contributed by atoms with Gasteiger partial charge in [-0.1, -0.05) is 0 Å². The van der Waals surface area contributed by atoms with Crippen molar-refractivity contribution in [2.24, 2.45) is 0 Å². The molecule has 1 atom stereocenters. The van der Waals surface area contributed by atoms with Crippen LogP contribution in [0.2, 0.25) is 0 Å². The van der Waals surface area contributed by atoms with Crippen LogP contribution in [-0.2, 0) is 0 Å². The Morgan fingerprint density at radius 1 is 1.18 bits per heavy atom. The third kappa shape index (κ3) is 4.87. The van der Waals surface area contributed by atoms with Gasteiger partial charge >= 0.3 is 6.18 Å². The summed E-state index contributed by atoms with van der Waals surface area (Å²) in [5.41, 5.74) is -0.390. The van der Waals surface area contributed by atoms with Gasteiger partial charge < -0.3 is 10.1 Å². The lowest BCUT2D eigenvalue weighted by Crippen LogP contribution is -2.49. The SMILES string of the molecule is COc1ccc(F)c([C@H](N2CCNCC2)C(F)(F)F)c1.Cl.Cl. The molecule has 1 heterocycles. The second kappa shape index (κ2) is 8.76. The Bertz CT molecular complexity index is 468. The number of ether oxygens (including phenoxy) is 1. The Morgan fingerprint density at radius 3 is 2.27 bits per heavy atom. The Labute approximate surface area is 138 Å². The van der Waals surface area contributed by atoms with E-state index < -0.39 is 23.6 Å². The van der Waals surface area contributed by atoms with Gasteiger partial charge in [-0.2, -0.15) is 13.2 Å². The van der Waals surface area contributed by atoms with Gasteiger partial charge in [0.1, 0.15) is 17.6 Å². The normalized spacial score (nSPS) is 17.1. The number of alkyl halides is 3. The van der Waals surface area contributed by atoms with Crippen LogP contribution in [0.5, 0.6) is 5.75 Å². The number of nitrogens with zero attached hydrogens (tertiary/aromatic N) is 1. The molecule has 0 spiro atoms. The number of benzene rings is 1. The minimum absolute atomic E-state index is 0. The second-order valence-electron chi connectivity index (χ2n) is 4.62. The molecule has 0 unspecified atom stereocenters. The summed E-state index contributed by atoms with van der Waals surface area (Å²) in [5, 5.41) is 2.98. The van der Waals surface area contributed by atoms with Crippen molar-refractivity contribution in [3.63, 3.8) is 0 Å². The summed E-state index contributed by atoms with van der Waals surface area (Å²) in [4.78, 5) is 1.24. The lowest BCUT2D eigenvalue weighted by atomic mass is 10.0. The predicted molar refractivity (Wildman–Crippen MR) is 80.7 cm³/mol. The molecule has 9 heteroatoms. The van der Waals surface area contributed by atoms with Crippen molar-refractivity contribution in [2.45, 2.75) is 12.2 Å². The molecule has 1 fully saturated rings. The molecule has 1 aliphatic rings. The molecule has 0 radical (unpaired) electrons. The summed E-state index contributed by atoms with van der Waals surface area (Å²) in [5.74, 6) is -0.655. The van der Waals surface area contributed by atoms with Crippen LogP contribution in [0.3, 0.4) is 0 Å². The minimum Gasteiger partial charge on any atom is -0.497 e. The summed E-state index contributed by atoms with van der Waals surface area (Å²) in [6.45, 7) is 1.36. The third-order valence-electron chi connectivity index (χ3n) is 3.32. The van der Waals surface area contributed by atoms with E-state index in [1.807, 2.05) is 0 Å². The molecule has 0 amide bonds. The highest BCUT2D eigenvalue weighted by Gasteiger charge is 2.46. The zero-order valence-electron chi connectivity index (χ0n) is 11.8. The number of nitrogens with one attached hydrogen (secondary N) is 1. The highest BCUT2D eigenvalue weighted by atomic mass is 35.5. The number of halogens is 6. The lowest BCUT2D eigenvalue weighted by Gasteiger charge is -2.36. The van der Waals surface area contributed by atoms with Crippen LogP contribution in [0, 0.1) is 5.82 Å². The maximum Gasteiger partial charge on any atom is 0.408 e. The molecule has 1 aliphatic heterocycles. The zero-order chi connectivity index (χ0) is 14.8. The number of rotatable bonds is 3. The average Bonchev–Trinajstić information content (AvgIpc) is 2.41. The topological polar surface area (TPSA) is 24.5 Å². The summed E-state index contributed by atoms with van der Waals surface area (Å²) >= 11 is 0. The van der Waals surface area contributed by atoms with Gasteiger partial charge in [-0.3, -0.25) is 4.90 Å². The Kier molecular flexibility index (Phi) is 8.46. The molecule has 1 saturated heterocycles. The molecule has 1 N–H and O–H groups in total. The molecule has 1 aromatic rings. The van der Waals surface area contributed by atoms with E-state index in [1.165, 1.54) is 18.1 Å². The highest BCUT2D eigenvalue weighted by molar-refractivity contribution is 5.85. The average molecular weight is 365 g/mol. The van der Waals surface area contributed by atoms with Gasteiger partial charge in [-0.25, -0.2) is 4.39 Å². The van der Waals surface area contributed by atoms with Crippen molar-refractivity contribution < 1.29 is 22.3 Å². The van der Waals surface area contributed by atoms with Gasteiger partial charge in [0.2, 0.25) is 0 Å². The molecule has 0 bridgehead atoms. The number of methoxy groups -OCH3 is 1. The molecule has 22 heavy (non-hydrogen) atoms. The highest BCUT2D eigenvalue weighted by Crippen LogP contribution is 2.39. The first-order valence-corrected chi connectivity index (χ1v) is 6.28. The number of hydrogen-bond donors (Lipinski definition) is 1. The smallest absolute Gasteiger partial charge is 0.408 e. The summed E-state index contributed by atoms with van der Waals surface area (Å²) in [7, 11) is 1.34. The van der Waals surface area contributed by atoms with Crippen LogP contribution in [0.1, 0.15) is 11.6 Å². The van der Waals surface area contributed by atoms with Gasteiger partial charge in [0.05, 0.1) is 7.11 Å². The quantitative estimate of drug-likeness (QED) is 0.833. The van der Waals surface area contributed by atoms with Gasteiger partial charge in [0.25, 0.3) is 0 Å². The Balaban J connectivity index is 0.00000220. The van der Waals surface area contributed by atoms with E-state index in [9.17, 15) is 17.6 Å². The molecule has 0 saturated carbocycles. The summed E-state index contributed by atoms with van der Waals surface area (Å²) in [6.07, 6.45) is -4.54. The minimum atomic E-state index is -4.54. The van der Waals surface area contributed by atoms with Crippen LogP contribution in [0.4, 0.5) is 17.6 Å². The first kappa shape index (κ1) is 21.2. The fourth-order valence-corrected chi connectivity index (χ4v) is 2.38. The Morgan fingerprint density at radius 2 is 1.77 bits per heavy atom. The van der Waals surface area contributed by atoms with E-state index in [4.69, 9.17) is 4.74 Å². The zero-order valence-corrected chi connectivity index (χ0v) is 13.5. The maximum atomic E-state index is 13.8. The fourth-order valence-electron chi connectivity index (χ4n) is 2.38. The van der Waals surface area contributed by atoms with Crippen molar-refractivity contribution >= 4 is 24.8 Å². The maximum absolute atomic E-state index is 13.8. The molecule has 0 aromatic heterocycles. The van der Waals surface area contributed by atoms with E-state index in [2.05, 4.69) is 5.32 Å². The van der Waals surface area contributed by atoms with E-state index >= 15 is 0 Å². The van der Waals surface area contributed by atoms with E-state index in [1.54, 1.807) is 0 Å². The Hall–Kier alpha value is -0.760. The molecule has 2 rings (SSSR count). The molecule has 0 aliphatic carbocycles. The van der Waals surface area contributed by atoms with Gasteiger partial charge in [0, 0.05) is 31.7 Å². The second-order valence-corrected chi connectivity index (χ2v) is 4.62. The fraction of sp³-hybridized carbons (Fsp3) is 0.538. The monoisotopic (exact) mass is 364 g/mol. The van der Waals surface area contributed by atoms with Crippen molar-refractivity contribution in [3.8, 4) is 5.75 Å². The molecular formula is C13H18Cl2F4N2O. The lowest BCUT2D eigenvalue weighted by molar-refractivity contribution is -0.188. The molecule has 128 valence electrons. The summed E-state index contributed by atoms with van der Waals surface area (Å²) < 4.78 is 58.7. The van der Waals surface area contributed by atoms with Crippen LogP contribution in [-0.4, -0.2) is 44.4 Å². The van der Waals surface area contributed by atoms with Crippen LogP contribution >= 0.6 is 24.8 Å². The van der Waals surface area contributed by atoms with Crippen LogP contribution in [0.15, 0.2) is 18.2 Å². The van der Waals surface area contributed by atoms with Gasteiger partial charge in [-0.15, -0.1) is 24.8 Å². The van der Waals surface area contributed by atoms with Crippen molar-refractivity contribution in [2.75, 3.05) is 33.3 Å². The number of hydrogen-bond acceptors (Lipinski definition) is 3. The standard InChI is InChI=1S/C13H16F4N2O.2ClH/c1-20-9-2-3-11(14)10(8-9)12(13(15,16)17)19-6-4-18-5-7-19;;/h2-3,8,12,18H,4-7H2,1H3;2*1H/t12-;;/m0../s1.